The summed E-state index contributed by atoms with van der Waals surface area (Å²) in [4.78, 5) is 20.2. The number of para-hydroxylation sites is 1. The number of likely N-dealkylation sites (N-methyl/N-ethyl adjacent to an activating group) is 1. The van der Waals surface area contributed by atoms with Gasteiger partial charge in [0.2, 0.25) is 0 Å². The molecule has 0 aliphatic carbocycles. The number of nitrogens with one attached hydrogen (secondary N) is 1. The smallest absolute Gasteiger partial charge is 0.284 e. The number of anilines is 1. The Morgan fingerprint density at radius 3 is 3.00 bits per heavy atom. The van der Waals surface area contributed by atoms with Gasteiger partial charge in [0.15, 0.2) is 5.01 Å². The van der Waals surface area contributed by atoms with Gasteiger partial charge in [0, 0.05) is 30.1 Å². The molecule has 0 saturated heterocycles. The predicted molar refractivity (Wildman–Crippen MR) is 81.3 cm³/mol. The van der Waals surface area contributed by atoms with Crippen molar-refractivity contribution in [3.05, 3.63) is 45.4 Å². The van der Waals surface area contributed by atoms with E-state index >= 15 is 0 Å². The van der Waals surface area contributed by atoms with Crippen molar-refractivity contribution in [3.8, 4) is 0 Å². The quantitative estimate of drug-likeness (QED) is 0.923. The third kappa shape index (κ3) is 2.59. The number of aromatic nitrogens is 1. The van der Waals surface area contributed by atoms with E-state index in [-0.39, 0.29) is 5.91 Å². The summed E-state index contributed by atoms with van der Waals surface area (Å²) < 4.78 is 0. The van der Waals surface area contributed by atoms with Crippen molar-refractivity contribution in [2.45, 2.75) is 19.9 Å². The van der Waals surface area contributed by atoms with E-state index in [1.165, 1.54) is 16.2 Å². The average molecular weight is 287 g/mol. The minimum Gasteiger partial charge on any atom is -0.320 e. The van der Waals surface area contributed by atoms with Gasteiger partial charge in [-0.05, 0) is 25.6 Å². The van der Waals surface area contributed by atoms with Gasteiger partial charge in [-0.1, -0.05) is 18.2 Å². The molecule has 0 spiro atoms. The highest BCUT2D eigenvalue weighted by Crippen LogP contribution is 2.25. The molecule has 0 bridgehead atoms. The van der Waals surface area contributed by atoms with Crippen LogP contribution < -0.4 is 5.32 Å². The van der Waals surface area contributed by atoms with Gasteiger partial charge in [-0.15, -0.1) is 11.3 Å². The largest absolute Gasteiger partial charge is 0.320 e. The third-order valence-electron chi connectivity index (χ3n) is 3.51. The number of amides is 1. The lowest BCUT2D eigenvalue weighted by molar-refractivity contribution is 0.102. The van der Waals surface area contributed by atoms with Crippen molar-refractivity contribution in [1.82, 2.24) is 9.88 Å². The van der Waals surface area contributed by atoms with Gasteiger partial charge in [-0.2, -0.15) is 0 Å². The van der Waals surface area contributed by atoms with Crippen LogP contribution in [-0.2, 0) is 13.0 Å². The summed E-state index contributed by atoms with van der Waals surface area (Å²) in [7, 11) is 2.09. The molecule has 1 N–H and O–H groups in total. The molecule has 1 aliphatic heterocycles. The summed E-state index contributed by atoms with van der Waals surface area (Å²) in [5.41, 5.74) is 2.99. The average Bonchev–Trinajstić information content (AvgIpc) is 2.84. The number of carbonyl (C=O) groups excluding carboxylic acids is 1. The molecule has 20 heavy (non-hydrogen) atoms. The first-order valence-electron chi connectivity index (χ1n) is 6.67. The second-order valence-corrected chi connectivity index (χ2v) is 6.23. The zero-order valence-corrected chi connectivity index (χ0v) is 12.5. The Kier molecular flexibility index (Phi) is 3.54. The number of hydrogen-bond donors (Lipinski definition) is 1. The second-order valence-electron chi connectivity index (χ2n) is 5.15. The van der Waals surface area contributed by atoms with Crippen LogP contribution >= 0.6 is 11.3 Å². The Morgan fingerprint density at radius 1 is 1.40 bits per heavy atom. The number of rotatable bonds is 2. The molecule has 5 heteroatoms. The van der Waals surface area contributed by atoms with Crippen molar-refractivity contribution >= 4 is 22.9 Å². The van der Waals surface area contributed by atoms with Gasteiger partial charge in [0.05, 0.1) is 5.69 Å². The van der Waals surface area contributed by atoms with E-state index in [4.69, 9.17) is 0 Å². The van der Waals surface area contributed by atoms with Crippen LogP contribution in [0.25, 0.3) is 0 Å². The molecule has 1 aromatic carbocycles. The number of aryl methyl sites for hydroxylation is 1. The Morgan fingerprint density at radius 2 is 2.20 bits per heavy atom. The van der Waals surface area contributed by atoms with Crippen molar-refractivity contribution in [3.63, 3.8) is 0 Å². The molecular formula is C15H17N3OS. The molecule has 1 amide bonds. The highest BCUT2D eigenvalue weighted by atomic mass is 32.1. The molecule has 104 valence electrons. The molecule has 0 unspecified atom stereocenters. The summed E-state index contributed by atoms with van der Waals surface area (Å²) in [5.74, 6) is -0.110. The molecule has 2 heterocycles. The van der Waals surface area contributed by atoms with Gasteiger partial charge in [-0.3, -0.25) is 4.79 Å². The Labute approximate surface area is 122 Å². The van der Waals surface area contributed by atoms with Crippen LogP contribution in [0.15, 0.2) is 24.3 Å². The van der Waals surface area contributed by atoms with Crippen molar-refractivity contribution < 1.29 is 4.79 Å². The van der Waals surface area contributed by atoms with Crippen LogP contribution in [0.5, 0.6) is 0 Å². The Bertz CT molecular complexity index is 650. The lowest BCUT2D eigenvalue weighted by Gasteiger charge is -2.20. The minimum absolute atomic E-state index is 0.110. The Hall–Kier alpha value is -1.72. The predicted octanol–water partition coefficient (Wildman–Crippen LogP) is 2.69. The van der Waals surface area contributed by atoms with Crippen molar-refractivity contribution in [1.29, 1.82) is 0 Å². The molecule has 2 aromatic rings. The summed E-state index contributed by atoms with van der Waals surface area (Å²) in [6.07, 6.45) is 0.931. The molecule has 1 aliphatic rings. The molecule has 0 fully saturated rings. The van der Waals surface area contributed by atoms with Crippen LogP contribution in [0.2, 0.25) is 0 Å². The lowest BCUT2D eigenvalue weighted by Crippen LogP contribution is -2.25. The summed E-state index contributed by atoms with van der Waals surface area (Å²) in [6, 6.07) is 7.78. The maximum Gasteiger partial charge on any atom is 0.284 e. The fraction of sp³-hybridized carbons (Fsp3) is 0.333. The Balaban J connectivity index is 1.80. The number of hydrogen-bond acceptors (Lipinski definition) is 4. The van der Waals surface area contributed by atoms with Crippen molar-refractivity contribution in [2.24, 2.45) is 0 Å². The number of carbonyl (C=O) groups is 1. The standard InChI is InChI=1S/C15H17N3OS/c1-10-5-3-4-6-11(10)16-14(19)15-17-12-7-8-18(2)9-13(12)20-15/h3-6H,7-9H2,1-2H3,(H,16,19). The zero-order chi connectivity index (χ0) is 14.1. The highest BCUT2D eigenvalue weighted by Gasteiger charge is 2.21. The van der Waals surface area contributed by atoms with Gasteiger partial charge in [0.1, 0.15) is 0 Å². The molecule has 3 rings (SSSR count). The molecule has 0 saturated carbocycles. The third-order valence-corrected chi connectivity index (χ3v) is 4.59. The van der Waals surface area contributed by atoms with E-state index in [1.807, 2.05) is 31.2 Å². The maximum atomic E-state index is 12.3. The van der Waals surface area contributed by atoms with Crippen LogP contribution in [0.3, 0.4) is 0 Å². The molecule has 0 radical (unpaired) electrons. The van der Waals surface area contributed by atoms with Crippen LogP contribution in [0.4, 0.5) is 5.69 Å². The van der Waals surface area contributed by atoms with E-state index in [2.05, 4.69) is 22.2 Å². The minimum atomic E-state index is -0.110. The number of nitrogens with zero attached hydrogens (tertiary/aromatic N) is 2. The first-order chi connectivity index (χ1) is 9.63. The monoisotopic (exact) mass is 287 g/mol. The van der Waals surface area contributed by atoms with Gasteiger partial charge >= 0.3 is 0 Å². The van der Waals surface area contributed by atoms with Crippen LogP contribution in [0.1, 0.15) is 25.9 Å². The normalized spacial score (nSPS) is 14.9. The fourth-order valence-corrected chi connectivity index (χ4v) is 3.39. The van der Waals surface area contributed by atoms with Gasteiger partial charge in [-0.25, -0.2) is 4.98 Å². The topological polar surface area (TPSA) is 45.2 Å². The van der Waals surface area contributed by atoms with Crippen LogP contribution in [0, 0.1) is 6.92 Å². The molecular weight excluding hydrogens is 270 g/mol. The van der Waals surface area contributed by atoms with Crippen LogP contribution in [-0.4, -0.2) is 29.4 Å². The molecule has 0 atom stereocenters. The maximum absolute atomic E-state index is 12.3. The summed E-state index contributed by atoms with van der Waals surface area (Å²) >= 11 is 1.51. The summed E-state index contributed by atoms with van der Waals surface area (Å²) in [5, 5.41) is 3.51. The highest BCUT2D eigenvalue weighted by molar-refractivity contribution is 7.13. The first kappa shape index (κ1) is 13.3. The number of benzene rings is 1. The fourth-order valence-electron chi connectivity index (χ4n) is 2.31. The number of thiazole rings is 1. The van der Waals surface area contributed by atoms with Gasteiger partial charge in [0.25, 0.3) is 5.91 Å². The number of fused-ring (bicyclic) bond motifs is 1. The zero-order valence-electron chi connectivity index (χ0n) is 11.6. The van der Waals surface area contributed by atoms with Gasteiger partial charge < -0.3 is 10.2 Å². The first-order valence-corrected chi connectivity index (χ1v) is 7.49. The second kappa shape index (κ2) is 5.34. The van der Waals surface area contributed by atoms with E-state index in [1.54, 1.807) is 0 Å². The summed E-state index contributed by atoms with van der Waals surface area (Å²) in [6.45, 7) is 3.89. The lowest BCUT2D eigenvalue weighted by atomic mass is 10.2. The van der Waals surface area contributed by atoms with E-state index in [9.17, 15) is 4.79 Å². The van der Waals surface area contributed by atoms with E-state index < -0.39 is 0 Å². The van der Waals surface area contributed by atoms with E-state index in [0.717, 1.165) is 36.5 Å². The van der Waals surface area contributed by atoms with E-state index in [0.29, 0.717) is 5.01 Å². The SMILES string of the molecule is Cc1ccccc1NC(=O)c1nc2c(s1)CN(C)CC2. The molecule has 1 aromatic heterocycles. The molecule has 4 nitrogen and oxygen atoms in total. The van der Waals surface area contributed by atoms with Crippen molar-refractivity contribution in [2.75, 3.05) is 18.9 Å².